The number of hydrogen-bond acceptors (Lipinski definition) is 3. The Morgan fingerprint density at radius 1 is 1.00 bits per heavy atom. The fourth-order valence-corrected chi connectivity index (χ4v) is 3.93. The van der Waals surface area contributed by atoms with Gasteiger partial charge in [0.1, 0.15) is 0 Å². The summed E-state index contributed by atoms with van der Waals surface area (Å²) in [6, 6.07) is 19.2. The fraction of sp³-hybridized carbons (Fsp3) is 0.172. The standard InChI is InChI=1S/C29H25F3N2O/c1-3-5-20-9-12-21(13-10-20)22-14-15-27-26(16-22)28(23(18-33-27)11-8-19(2)35)34-25-7-4-6-24(17-25)29(30,31)32/h4,6-18H,3,5H2,1-2H3,(H,33,34)/b11-8+. The van der Waals surface area contributed by atoms with Gasteiger partial charge in [-0.2, -0.15) is 13.2 Å². The van der Waals surface area contributed by atoms with Gasteiger partial charge in [-0.25, -0.2) is 0 Å². The van der Waals surface area contributed by atoms with Crippen molar-refractivity contribution in [2.75, 3.05) is 5.32 Å². The third kappa shape index (κ3) is 5.77. The number of anilines is 2. The lowest BCUT2D eigenvalue weighted by molar-refractivity contribution is -0.137. The second-order valence-corrected chi connectivity index (χ2v) is 8.41. The molecule has 3 nitrogen and oxygen atoms in total. The topological polar surface area (TPSA) is 42.0 Å². The highest BCUT2D eigenvalue weighted by atomic mass is 19.4. The predicted molar refractivity (Wildman–Crippen MR) is 136 cm³/mol. The maximum Gasteiger partial charge on any atom is 0.416 e. The summed E-state index contributed by atoms with van der Waals surface area (Å²) in [5, 5.41) is 3.89. The molecule has 0 saturated heterocycles. The number of aromatic nitrogens is 1. The SMILES string of the molecule is CCCc1ccc(-c2ccc3ncc(/C=C/C(C)=O)c(Nc4cccc(C(F)(F)F)c4)c3c2)cc1. The zero-order valence-electron chi connectivity index (χ0n) is 19.5. The number of carbonyl (C=O) groups excluding carboxylic acids is 1. The van der Waals surface area contributed by atoms with Crippen molar-refractivity contribution in [2.45, 2.75) is 32.9 Å². The van der Waals surface area contributed by atoms with Gasteiger partial charge in [-0.05, 0) is 72.5 Å². The number of allylic oxidation sites excluding steroid dienone is 1. The van der Waals surface area contributed by atoms with Crippen molar-refractivity contribution in [3.05, 3.63) is 95.7 Å². The van der Waals surface area contributed by atoms with E-state index in [0.29, 0.717) is 22.5 Å². The van der Waals surface area contributed by atoms with E-state index in [1.165, 1.54) is 24.6 Å². The van der Waals surface area contributed by atoms with Crippen molar-refractivity contribution in [1.29, 1.82) is 0 Å². The van der Waals surface area contributed by atoms with E-state index in [4.69, 9.17) is 0 Å². The van der Waals surface area contributed by atoms with Crippen LogP contribution in [0.5, 0.6) is 0 Å². The first-order chi connectivity index (χ1) is 16.7. The van der Waals surface area contributed by atoms with Gasteiger partial charge >= 0.3 is 6.18 Å². The number of hydrogen-bond donors (Lipinski definition) is 1. The number of benzene rings is 3. The number of fused-ring (bicyclic) bond motifs is 1. The molecule has 1 heterocycles. The van der Waals surface area contributed by atoms with Crippen molar-refractivity contribution in [2.24, 2.45) is 0 Å². The van der Waals surface area contributed by atoms with E-state index in [1.807, 2.05) is 18.2 Å². The second-order valence-electron chi connectivity index (χ2n) is 8.41. The molecule has 0 spiro atoms. The van der Waals surface area contributed by atoms with E-state index < -0.39 is 11.7 Å². The molecule has 0 aliphatic carbocycles. The lowest BCUT2D eigenvalue weighted by Gasteiger charge is -2.15. The first kappa shape index (κ1) is 24.2. The van der Waals surface area contributed by atoms with Gasteiger partial charge in [-0.1, -0.05) is 49.7 Å². The summed E-state index contributed by atoms with van der Waals surface area (Å²) in [6.45, 7) is 3.58. The summed E-state index contributed by atoms with van der Waals surface area (Å²) in [5.74, 6) is -0.143. The van der Waals surface area contributed by atoms with Gasteiger partial charge in [0.05, 0.1) is 16.8 Å². The molecule has 0 amide bonds. The lowest BCUT2D eigenvalue weighted by Crippen LogP contribution is -2.05. The van der Waals surface area contributed by atoms with Crippen molar-refractivity contribution < 1.29 is 18.0 Å². The zero-order chi connectivity index (χ0) is 25.0. The lowest BCUT2D eigenvalue weighted by atomic mass is 9.99. The van der Waals surface area contributed by atoms with E-state index in [0.717, 1.165) is 41.5 Å². The van der Waals surface area contributed by atoms with Crippen LogP contribution in [0.15, 0.2) is 79.0 Å². The van der Waals surface area contributed by atoms with E-state index in [9.17, 15) is 18.0 Å². The number of carbonyl (C=O) groups is 1. The summed E-state index contributed by atoms with van der Waals surface area (Å²) in [7, 11) is 0. The second kappa shape index (κ2) is 10.1. The van der Waals surface area contributed by atoms with Crippen LogP contribution < -0.4 is 5.32 Å². The molecule has 0 aliphatic heterocycles. The molecule has 0 saturated carbocycles. The maximum absolute atomic E-state index is 13.3. The van der Waals surface area contributed by atoms with E-state index >= 15 is 0 Å². The summed E-state index contributed by atoms with van der Waals surface area (Å²) in [6.07, 6.45) is 2.28. The van der Waals surface area contributed by atoms with Gasteiger partial charge in [0.25, 0.3) is 0 Å². The molecule has 4 aromatic rings. The Morgan fingerprint density at radius 3 is 2.43 bits per heavy atom. The van der Waals surface area contributed by atoms with Gasteiger partial charge in [-0.3, -0.25) is 9.78 Å². The molecule has 3 aromatic carbocycles. The Balaban J connectivity index is 1.84. The fourth-order valence-electron chi connectivity index (χ4n) is 3.93. The number of pyridine rings is 1. The molecule has 178 valence electrons. The zero-order valence-corrected chi connectivity index (χ0v) is 19.5. The van der Waals surface area contributed by atoms with Gasteiger partial charge in [0, 0.05) is 22.8 Å². The largest absolute Gasteiger partial charge is 0.416 e. The predicted octanol–water partition coefficient (Wildman–Crippen LogP) is 8.22. The number of ketones is 1. The highest BCUT2D eigenvalue weighted by molar-refractivity contribution is 6.01. The number of rotatable bonds is 7. The van der Waals surface area contributed by atoms with Crippen LogP contribution in [0.3, 0.4) is 0 Å². The number of aryl methyl sites for hydroxylation is 1. The Kier molecular flexibility index (Phi) is 7.01. The molecule has 0 aliphatic rings. The van der Waals surface area contributed by atoms with Crippen LogP contribution in [0, 0.1) is 0 Å². The van der Waals surface area contributed by atoms with Crippen molar-refractivity contribution in [3.8, 4) is 11.1 Å². The Labute approximate surface area is 202 Å². The minimum absolute atomic E-state index is 0.143. The molecule has 0 radical (unpaired) electrons. The molecule has 0 fully saturated rings. The summed E-state index contributed by atoms with van der Waals surface area (Å²) in [4.78, 5) is 16.1. The van der Waals surface area contributed by atoms with E-state index in [1.54, 1.807) is 18.3 Å². The van der Waals surface area contributed by atoms with E-state index in [2.05, 4.69) is 41.5 Å². The Hall–Kier alpha value is -3.93. The normalized spacial score (nSPS) is 11.8. The molecule has 35 heavy (non-hydrogen) atoms. The Morgan fingerprint density at radius 2 is 1.74 bits per heavy atom. The monoisotopic (exact) mass is 474 g/mol. The van der Waals surface area contributed by atoms with Crippen molar-refractivity contribution in [3.63, 3.8) is 0 Å². The number of alkyl halides is 3. The number of nitrogens with one attached hydrogen (secondary N) is 1. The Bertz CT molecular complexity index is 1390. The first-order valence-electron chi connectivity index (χ1n) is 11.4. The minimum Gasteiger partial charge on any atom is -0.354 e. The minimum atomic E-state index is -4.45. The van der Waals surface area contributed by atoms with Crippen molar-refractivity contribution >= 4 is 34.1 Å². The molecule has 6 heteroatoms. The number of nitrogens with zero attached hydrogens (tertiary/aromatic N) is 1. The van der Waals surface area contributed by atoms with Crippen LogP contribution in [0.4, 0.5) is 24.5 Å². The maximum atomic E-state index is 13.3. The number of halogens is 3. The van der Waals surface area contributed by atoms with Crippen LogP contribution in [0.2, 0.25) is 0 Å². The molecule has 1 aromatic heterocycles. The van der Waals surface area contributed by atoms with Crippen molar-refractivity contribution in [1.82, 2.24) is 4.98 Å². The average molecular weight is 475 g/mol. The third-order valence-electron chi connectivity index (χ3n) is 5.68. The molecule has 0 unspecified atom stereocenters. The van der Waals surface area contributed by atoms with Crippen LogP contribution in [0.25, 0.3) is 28.1 Å². The van der Waals surface area contributed by atoms with Crippen LogP contribution in [0.1, 0.15) is 37.0 Å². The van der Waals surface area contributed by atoms with Crippen LogP contribution >= 0.6 is 0 Å². The molecular formula is C29H25F3N2O. The summed E-state index contributed by atoms with van der Waals surface area (Å²) >= 11 is 0. The highest BCUT2D eigenvalue weighted by Crippen LogP contribution is 2.35. The molecule has 0 atom stereocenters. The summed E-state index contributed by atoms with van der Waals surface area (Å²) in [5.41, 5.74) is 4.67. The third-order valence-corrected chi connectivity index (χ3v) is 5.68. The average Bonchev–Trinajstić information content (AvgIpc) is 2.83. The summed E-state index contributed by atoms with van der Waals surface area (Å²) < 4.78 is 39.8. The molecule has 4 rings (SSSR count). The quantitative estimate of drug-likeness (QED) is 0.274. The molecular weight excluding hydrogens is 449 g/mol. The van der Waals surface area contributed by atoms with Gasteiger partial charge in [0.15, 0.2) is 5.78 Å². The smallest absolute Gasteiger partial charge is 0.354 e. The highest BCUT2D eigenvalue weighted by Gasteiger charge is 2.30. The van der Waals surface area contributed by atoms with Gasteiger partial charge < -0.3 is 5.32 Å². The van der Waals surface area contributed by atoms with Gasteiger partial charge in [0.2, 0.25) is 0 Å². The molecule has 0 bridgehead atoms. The van der Waals surface area contributed by atoms with Gasteiger partial charge in [-0.15, -0.1) is 0 Å². The van der Waals surface area contributed by atoms with E-state index in [-0.39, 0.29) is 5.78 Å². The van der Waals surface area contributed by atoms with Crippen LogP contribution in [-0.2, 0) is 17.4 Å². The molecule has 1 N–H and O–H groups in total. The first-order valence-corrected chi connectivity index (χ1v) is 11.4. The van der Waals surface area contributed by atoms with Crippen LogP contribution in [-0.4, -0.2) is 10.8 Å².